The van der Waals surface area contributed by atoms with E-state index < -0.39 is 0 Å². The number of carbonyl (C=O) groups is 1. The van der Waals surface area contributed by atoms with Crippen LogP contribution in [0.5, 0.6) is 0 Å². The smallest absolute Gasteiger partial charge is 0.315 e. The summed E-state index contributed by atoms with van der Waals surface area (Å²) in [5.41, 5.74) is 0.973. The van der Waals surface area contributed by atoms with Gasteiger partial charge >= 0.3 is 6.03 Å². The number of aryl methyl sites for hydroxylation is 1. The number of carbonyl (C=O) groups excluding carboxylic acids is 1. The summed E-state index contributed by atoms with van der Waals surface area (Å²) >= 11 is 6.18. The topological polar surface area (TPSA) is 75.1 Å². The fourth-order valence-electron chi connectivity index (χ4n) is 2.85. The minimum Gasteiger partial charge on any atom is -0.353 e. The van der Waals surface area contributed by atoms with E-state index in [1.807, 2.05) is 32.3 Å². The van der Waals surface area contributed by atoms with Crippen molar-refractivity contribution in [2.75, 3.05) is 18.0 Å². The van der Waals surface area contributed by atoms with E-state index in [2.05, 4.69) is 25.6 Å². The molecule has 7 nitrogen and oxygen atoms in total. The van der Waals surface area contributed by atoms with Gasteiger partial charge in [-0.2, -0.15) is 5.10 Å². The summed E-state index contributed by atoms with van der Waals surface area (Å²) in [4.78, 5) is 18.6. The van der Waals surface area contributed by atoms with E-state index in [4.69, 9.17) is 11.6 Å². The lowest BCUT2D eigenvalue weighted by Crippen LogP contribution is -2.44. The van der Waals surface area contributed by atoms with Gasteiger partial charge in [-0.25, -0.2) is 9.78 Å². The molecule has 1 fully saturated rings. The van der Waals surface area contributed by atoms with Gasteiger partial charge in [0.15, 0.2) is 0 Å². The Morgan fingerprint density at radius 1 is 1.50 bits per heavy atom. The number of rotatable bonds is 4. The molecule has 2 atom stereocenters. The van der Waals surface area contributed by atoms with Crippen LogP contribution in [0.1, 0.15) is 24.9 Å². The zero-order chi connectivity index (χ0) is 17.1. The zero-order valence-corrected chi connectivity index (χ0v) is 14.5. The summed E-state index contributed by atoms with van der Waals surface area (Å²) in [7, 11) is 1.85. The van der Waals surface area contributed by atoms with Crippen molar-refractivity contribution in [3.05, 3.63) is 41.3 Å². The van der Waals surface area contributed by atoms with Gasteiger partial charge in [-0.05, 0) is 25.5 Å². The summed E-state index contributed by atoms with van der Waals surface area (Å²) in [6, 6.07) is 3.44. The number of amides is 2. The molecule has 2 aromatic heterocycles. The molecule has 1 aliphatic rings. The number of nitrogens with one attached hydrogen (secondary N) is 2. The Balaban J connectivity index is 1.52. The first-order chi connectivity index (χ1) is 11.5. The van der Waals surface area contributed by atoms with Gasteiger partial charge in [-0.3, -0.25) is 4.68 Å². The highest BCUT2D eigenvalue weighted by Gasteiger charge is 2.26. The molecular formula is C16H21ClN6O. The van der Waals surface area contributed by atoms with Crippen LogP contribution in [-0.4, -0.2) is 39.9 Å². The van der Waals surface area contributed by atoms with E-state index in [-0.39, 0.29) is 18.1 Å². The molecule has 2 N–H and O–H groups in total. The van der Waals surface area contributed by atoms with Gasteiger partial charge in [0.2, 0.25) is 0 Å². The Kier molecular flexibility index (Phi) is 4.89. The SMILES string of the molecule is C[C@H](NC(=O)N[C@H]1CCN(c2ncccc2Cl)C1)c1cnn(C)c1. The number of halogens is 1. The quantitative estimate of drug-likeness (QED) is 0.887. The normalized spacial score (nSPS) is 18.5. The van der Waals surface area contributed by atoms with Gasteiger partial charge in [0.05, 0.1) is 17.3 Å². The molecule has 0 aliphatic carbocycles. The van der Waals surface area contributed by atoms with Crippen molar-refractivity contribution in [1.82, 2.24) is 25.4 Å². The minimum absolute atomic E-state index is 0.0733. The molecule has 0 unspecified atom stereocenters. The van der Waals surface area contributed by atoms with Crippen LogP contribution in [0.3, 0.4) is 0 Å². The van der Waals surface area contributed by atoms with Crippen LogP contribution in [0, 0.1) is 0 Å². The first kappa shape index (κ1) is 16.6. The predicted octanol–water partition coefficient (Wildman–Crippen LogP) is 2.11. The molecule has 0 aromatic carbocycles. The molecule has 1 aliphatic heterocycles. The number of urea groups is 1. The average Bonchev–Trinajstić information content (AvgIpc) is 3.17. The lowest BCUT2D eigenvalue weighted by atomic mass is 10.2. The number of hydrogen-bond acceptors (Lipinski definition) is 4. The predicted molar refractivity (Wildman–Crippen MR) is 93.2 cm³/mol. The Morgan fingerprint density at radius 3 is 3.04 bits per heavy atom. The molecule has 128 valence electrons. The molecule has 2 amide bonds. The molecule has 1 saturated heterocycles. The van der Waals surface area contributed by atoms with Crippen molar-refractivity contribution in [2.24, 2.45) is 7.05 Å². The average molecular weight is 349 g/mol. The number of aromatic nitrogens is 3. The number of anilines is 1. The highest BCUT2D eigenvalue weighted by molar-refractivity contribution is 6.32. The fourth-order valence-corrected chi connectivity index (χ4v) is 3.09. The van der Waals surface area contributed by atoms with Gasteiger partial charge in [-0.15, -0.1) is 0 Å². The molecule has 24 heavy (non-hydrogen) atoms. The summed E-state index contributed by atoms with van der Waals surface area (Å²) in [6.45, 7) is 3.45. The molecular weight excluding hydrogens is 328 g/mol. The van der Waals surface area contributed by atoms with Crippen molar-refractivity contribution in [3.63, 3.8) is 0 Å². The Hall–Kier alpha value is -2.28. The molecule has 0 saturated carbocycles. The largest absolute Gasteiger partial charge is 0.353 e. The van der Waals surface area contributed by atoms with Crippen LogP contribution in [0.4, 0.5) is 10.6 Å². The summed E-state index contributed by atoms with van der Waals surface area (Å²) in [5, 5.41) is 10.7. The van der Waals surface area contributed by atoms with Crippen molar-refractivity contribution in [2.45, 2.75) is 25.4 Å². The van der Waals surface area contributed by atoms with Crippen molar-refractivity contribution in [1.29, 1.82) is 0 Å². The van der Waals surface area contributed by atoms with E-state index in [0.717, 1.165) is 24.3 Å². The van der Waals surface area contributed by atoms with E-state index in [1.165, 1.54) is 0 Å². The summed E-state index contributed by atoms with van der Waals surface area (Å²) in [6.07, 6.45) is 6.24. The molecule has 3 rings (SSSR count). The van der Waals surface area contributed by atoms with Gasteiger partial charge in [0.25, 0.3) is 0 Å². The highest BCUT2D eigenvalue weighted by Crippen LogP contribution is 2.25. The first-order valence-electron chi connectivity index (χ1n) is 7.94. The van der Waals surface area contributed by atoms with Crippen molar-refractivity contribution < 1.29 is 4.79 Å². The second-order valence-corrected chi connectivity index (χ2v) is 6.43. The van der Waals surface area contributed by atoms with E-state index in [0.29, 0.717) is 11.6 Å². The second-order valence-electron chi connectivity index (χ2n) is 6.03. The number of pyridine rings is 1. The first-order valence-corrected chi connectivity index (χ1v) is 8.32. The minimum atomic E-state index is -0.176. The van der Waals surface area contributed by atoms with Crippen molar-refractivity contribution >= 4 is 23.4 Å². The lowest BCUT2D eigenvalue weighted by molar-refractivity contribution is 0.235. The highest BCUT2D eigenvalue weighted by atomic mass is 35.5. The summed E-state index contributed by atoms with van der Waals surface area (Å²) < 4.78 is 1.72. The van der Waals surface area contributed by atoms with Gasteiger partial charge < -0.3 is 15.5 Å². The third kappa shape index (κ3) is 3.79. The van der Waals surface area contributed by atoms with Crippen LogP contribution in [0.2, 0.25) is 5.02 Å². The maximum Gasteiger partial charge on any atom is 0.315 e. The third-order valence-corrected chi connectivity index (χ3v) is 4.43. The monoisotopic (exact) mass is 348 g/mol. The van der Waals surface area contributed by atoms with Crippen molar-refractivity contribution in [3.8, 4) is 0 Å². The molecule has 0 radical (unpaired) electrons. The Morgan fingerprint density at radius 2 is 2.33 bits per heavy atom. The van der Waals surface area contributed by atoms with Gasteiger partial charge in [-0.1, -0.05) is 11.6 Å². The van der Waals surface area contributed by atoms with E-state index in [9.17, 15) is 4.79 Å². The lowest BCUT2D eigenvalue weighted by Gasteiger charge is -2.20. The number of nitrogens with zero attached hydrogens (tertiary/aromatic N) is 4. The fraction of sp³-hybridized carbons (Fsp3) is 0.438. The standard InChI is InChI=1S/C16H21ClN6O/c1-11(12-8-19-22(2)9-12)20-16(24)21-13-5-7-23(10-13)15-14(17)4-3-6-18-15/h3-4,6,8-9,11,13H,5,7,10H2,1-2H3,(H2,20,21,24)/t11-,13-/m0/s1. The molecule has 3 heterocycles. The maximum atomic E-state index is 12.2. The van der Waals surface area contributed by atoms with E-state index in [1.54, 1.807) is 17.1 Å². The van der Waals surface area contributed by atoms with Crippen LogP contribution < -0.4 is 15.5 Å². The van der Waals surface area contributed by atoms with Crippen LogP contribution in [0.15, 0.2) is 30.7 Å². The third-order valence-electron chi connectivity index (χ3n) is 4.13. The van der Waals surface area contributed by atoms with Gasteiger partial charge in [0, 0.05) is 44.1 Å². The maximum absolute atomic E-state index is 12.2. The zero-order valence-electron chi connectivity index (χ0n) is 13.7. The molecule has 2 aromatic rings. The Labute approximate surface area is 146 Å². The summed E-state index contributed by atoms with van der Waals surface area (Å²) in [5.74, 6) is 0.771. The molecule has 0 spiro atoms. The Bertz CT molecular complexity index is 718. The number of hydrogen-bond donors (Lipinski definition) is 2. The van der Waals surface area contributed by atoms with Crippen LogP contribution >= 0.6 is 11.6 Å². The van der Waals surface area contributed by atoms with Gasteiger partial charge in [0.1, 0.15) is 5.82 Å². The van der Waals surface area contributed by atoms with E-state index >= 15 is 0 Å². The van der Waals surface area contributed by atoms with Crippen LogP contribution in [0.25, 0.3) is 0 Å². The molecule has 8 heteroatoms. The molecule has 0 bridgehead atoms. The van der Waals surface area contributed by atoms with Crippen LogP contribution in [-0.2, 0) is 7.05 Å². The second kappa shape index (κ2) is 7.09.